The lowest BCUT2D eigenvalue weighted by molar-refractivity contribution is -0.121. The fourth-order valence-electron chi connectivity index (χ4n) is 3.75. The Bertz CT molecular complexity index is 845. The second kappa shape index (κ2) is 9.79. The fourth-order valence-corrected chi connectivity index (χ4v) is 3.88. The molecular weight excluding hydrogens is 386 g/mol. The molecule has 0 aromatic heterocycles. The van der Waals surface area contributed by atoms with Crippen molar-refractivity contribution in [2.75, 3.05) is 23.7 Å². The number of hydrogen-bond acceptors (Lipinski definition) is 2. The number of hydrogen-bond donors (Lipinski definition) is 2. The van der Waals surface area contributed by atoms with E-state index in [0.29, 0.717) is 18.1 Å². The zero-order valence-electron chi connectivity index (χ0n) is 17.0. The van der Waals surface area contributed by atoms with Crippen LogP contribution in [0.15, 0.2) is 48.5 Å². The van der Waals surface area contributed by atoms with E-state index in [4.69, 9.17) is 11.6 Å². The smallest absolute Gasteiger partial charge is 0.321 e. The van der Waals surface area contributed by atoms with Gasteiger partial charge in [0.2, 0.25) is 5.91 Å². The number of amides is 3. The third kappa shape index (κ3) is 5.51. The molecule has 0 aliphatic carbocycles. The molecule has 3 rings (SSSR count). The first-order chi connectivity index (χ1) is 14.0. The monoisotopic (exact) mass is 413 g/mol. The second-order valence-electron chi connectivity index (χ2n) is 7.55. The van der Waals surface area contributed by atoms with E-state index < -0.39 is 0 Å². The summed E-state index contributed by atoms with van der Waals surface area (Å²) in [5, 5.41) is 6.62. The van der Waals surface area contributed by atoms with E-state index in [1.165, 1.54) is 0 Å². The molecule has 2 aromatic carbocycles. The van der Waals surface area contributed by atoms with Gasteiger partial charge >= 0.3 is 6.03 Å². The lowest BCUT2D eigenvalue weighted by atomic mass is 9.85. The molecule has 2 N–H and O–H groups in total. The number of para-hydroxylation sites is 1. The Labute approximate surface area is 177 Å². The van der Waals surface area contributed by atoms with Crippen molar-refractivity contribution in [3.05, 3.63) is 59.1 Å². The van der Waals surface area contributed by atoms with Gasteiger partial charge in [-0.1, -0.05) is 43.6 Å². The number of piperidine rings is 1. The van der Waals surface area contributed by atoms with Crippen LogP contribution in [0.5, 0.6) is 0 Å². The standard InChI is InChI=1S/C23H28ClN3O2/c1-3-17-6-4-5-7-21(17)26-22(28)16(2)18-12-14-27(15-13-18)23(29)25-20-10-8-19(24)9-11-20/h4-11,16,18H,3,12-15H2,1-2H3,(H,25,29)(H,26,28). The van der Waals surface area contributed by atoms with Gasteiger partial charge < -0.3 is 15.5 Å². The third-order valence-corrected chi connectivity index (χ3v) is 5.95. The summed E-state index contributed by atoms with van der Waals surface area (Å²) < 4.78 is 0. The van der Waals surface area contributed by atoms with Gasteiger partial charge in [-0.2, -0.15) is 0 Å². The van der Waals surface area contributed by atoms with Crippen molar-refractivity contribution in [1.29, 1.82) is 0 Å². The van der Waals surface area contributed by atoms with Gasteiger partial charge in [-0.25, -0.2) is 4.79 Å². The summed E-state index contributed by atoms with van der Waals surface area (Å²) in [6.45, 7) is 5.36. The van der Waals surface area contributed by atoms with E-state index in [1.54, 1.807) is 24.3 Å². The molecule has 0 saturated carbocycles. The normalized spacial score (nSPS) is 15.6. The van der Waals surface area contributed by atoms with Gasteiger partial charge in [-0.05, 0) is 61.1 Å². The minimum atomic E-state index is -0.111. The van der Waals surface area contributed by atoms with Crippen LogP contribution >= 0.6 is 11.6 Å². The number of rotatable bonds is 5. The number of nitrogens with zero attached hydrogens (tertiary/aromatic N) is 1. The first kappa shape index (κ1) is 21.2. The van der Waals surface area contributed by atoms with Crippen LogP contribution in [0.1, 0.15) is 32.3 Å². The first-order valence-electron chi connectivity index (χ1n) is 10.2. The minimum Gasteiger partial charge on any atom is -0.326 e. The number of halogens is 1. The lowest BCUT2D eigenvalue weighted by Crippen LogP contribution is -2.43. The van der Waals surface area contributed by atoms with Crippen molar-refractivity contribution >= 4 is 34.9 Å². The van der Waals surface area contributed by atoms with Crippen molar-refractivity contribution in [2.45, 2.75) is 33.1 Å². The Morgan fingerprint density at radius 3 is 2.38 bits per heavy atom. The van der Waals surface area contributed by atoms with E-state index in [0.717, 1.165) is 36.2 Å². The highest BCUT2D eigenvalue weighted by atomic mass is 35.5. The maximum absolute atomic E-state index is 12.7. The van der Waals surface area contributed by atoms with Crippen LogP contribution < -0.4 is 10.6 Å². The van der Waals surface area contributed by atoms with Gasteiger partial charge in [-0.15, -0.1) is 0 Å². The van der Waals surface area contributed by atoms with E-state index in [-0.39, 0.29) is 23.8 Å². The molecule has 5 nitrogen and oxygen atoms in total. The fraction of sp³-hybridized carbons (Fsp3) is 0.391. The second-order valence-corrected chi connectivity index (χ2v) is 7.99. The van der Waals surface area contributed by atoms with Crippen molar-refractivity contribution in [3.8, 4) is 0 Å². The lowest BCUT2D eigenvalue weighted by Gasteiger charge is -2.34. The Kier molecular flexibility index (Phi) is 7.15. The maximum atomic E-state index is 12.7. The average molecular weight is 414 g/mol. The zero-order valence-corrected chi connectivity index (χ0v) is 17.7. The summed E-state index contributed by atoms with van der Waals surface area (Å²) in [5.74, 6) is 0.222. The van der Waals surface area contributed by atoms with E-state index >= 15 is 0 Å². The van der Waals surface area contributed by atoms with Crippen LogP contribution in [0.3, 0.4) is 0 Å². The van der Waals surface area contributed by atoms with Crippen LogP contribution in [0.2, 0.25) is 5.02 Å². The average Bonchev–Trinajstić information content (AvgIpc) is 2.75. The topological polar surface area (TPSA) is 61.4 Å². The predicted molar refractivity (Wildman–Crippen MR) is 118 cm³/mol. The predicted octanol–water partition coefficient (Wildman–Crippen LogP) is 5.42. The number of anilines is 2. The highest BCUT2D eigenvalue weighted by Gasteiger charge is 2.30. The molecule has 2 aromatic rings. The molecule has 1 aliphatic heterocycles. The number of nitrogens with one attached hydrogen (secondary N) is 2. The molecular formula is C23H28ClN3O2. The van der Waals surface area contributed by atoms with Gasteiger partial charge in [0, 0.05) is 35.4 Å². The number of likely N-dealkylation sites (tertiary alicyclic amines) is 1. The highest BCUT2D eigenvalue weighted by Crippen LogP contribution is 2.27. The molecule has 29 heavy (non-hydrogen) atoms. The number of benzene rings is 2. The molecule has 1 saturated heterocycles. The van der Waals surface area contributed by atoms with Crippen molar-refractivity contribution in [2.24, 2.45) is 11.8 Å². The van der Waals surface area contributed by atoms with Gasteiger partial charge in [0.15, 0.2) is 0 Å². The molecule has 6 heteroatoms. The molecule has 154 valence electrons. The molecule has 3 amide bonds. The van der Waals surface area contributed by atoms with Crippen LogP contribution in [-0.2, 0) is 11.2 Å². The summed E-state index contributed by atoms with van der Waals surface area (Å²) in [4.78, 5) is 27.0. The summed E-state index contributed by atoms with van der Waals surface area (Å²) in [6, 6.07) is 14.9. The molecule has 1 unspecified atom stereocenters. The van der Waals surface area contributed by atoms with E-state index in [1.807, 2.05) is 36.1 Å². The minimum absolute atomic E-state index is 0.0509. The number of aryl methyl sites for hydroxylation is 1. The molecule has 0 bridgehead atoms. The number of carbonyl (C=O) groups is 2. The summed E-state index contributed by atoms with van der Waals surface area (Å²) >= 11 is 5.88. The molecule has 0 spiro atoms. The molecule has 1 aliphatic rings. The Balaban J connectivity index is 1.50. The van der Waals surface area contributed by atoms with Gasteiger partial charge in [-0.3, -0.25) is 4.79 Å². The summed E-state index contributed by atoms with van der Waals surface area (Å²) in [5.41, 5.74) is 2.76. The Morgan fingerprint density at radius 1 is 1.07 bits per heavy atom. The van der Waals surface area contributed by atoms with Gasteiger partial charge in [0.1, 0.15) is 0 Å². The van der Waals surface area contributed by atoms with Gasteiger partial charge in [0.25, 0.3) is 0 Å². The maximum Gasteiger partial charge on any atom is 0.321 e. The highest BCUT2D eigenvalue weighted by molar-refractivity contribution is 6.30. The third-order valence-electron chi connectivity index (χ3n) is 5.70. The number of carbonyl (C=O) groups excluding carboxylic acids is 2. The van der Waals surface area contributed by atoms with E-state index in [2.05, 4.69) is 17.6 Å². The molecule has 1 atom stereocenters. The van der Waals surface area contributed by atoms with Crippen LogP contribution in [0, 0.1) is 11.8 Å². The summed E-state index contributed by atoms with van der Waals surface area (Å²) in [7, 11) is 0. The Morgan fingerprint density at radius 2 is 1.72 bits per heavy atom. The van der Waals surface area contributed by atoms with Crippen LogP contribution in [0.25, 0.3) is 0 Å². The largest absolute Gasteiger partial charge is 0.326 e. The number of urea groups is 1. The van der Waals surface area contributed by atoms with Gasteiger partial charge in [0.05, 0.1) is 0 Å². The zero-order chi connectivity index (χ0) is 20.8. The van der Waals surface area contributed by atoms with Crippen molar-refractivity contribution in [3.63, 3.8) is 0 Å². The van der Waals surface area contributed by atoms with Crippen molar-refractivity contribution < 1.29 is 9.59 Å². The Hall–Kier alpha value is -2.53. The molecule has 1 fully saturated rings. The van der Waals surface area contributed by atoms with Crippen LogP contribution in [-0.4, -0.2) is 29.9 Å². The van der Waals surface area contributed by atoms with E-state index in [9.17, 15) is 9.59 Å². The molecule has 1 heterocycles. The first-order valence-corrected chi connectivity index (χ1v) is 10.6. The molecule has 0 radical (unpaired) electrons. The quantitative estimate of drug-likeness (QED) is 0.687. The SMILES string of the molecule is CCc1ccccc1NC(=O)C(C)C1CCN(C(=O)Nc2ccc(Cl)cc2)CC1. The summed E-state index contributed by atoms with van der Waals surface area (Å²) in [6.07, 6.45) is 2.52. The van der Waals surface area contributed by atoms with Crippen LogP contribution in [0.4, 0.5) is 16.2 Å². The van der Waals surface area contributed by atoms with Crippen molar-refractivity contribution in [1.82, 2.24) is 4.90 Å².